The number of aromatic nitrogens is 1. The van der Waals surface area contributed by atoms with Crippen LogP contribution in [0.4, 0.5) is 0 Å². The van der Waals surface area contributed by atoms with Gasteiger partial charge in [0.05, 0.1) is 4.88 Å². The number of hydrogen-bond acceptors (Lipinski definition) is 3. The van der Waals surface area contributed by atoms with Crippen molar-refractivity contribution in [2.75, 3.05) is 26.2 Å². The number of nitrogens with zero attached hydrogens (tertiary/aromatic N) is 3. The van der Waals surface area contributed by atoms with Crippen LogP contribution >= 0.6 is 11.3 Å². The number of carbonyl (C=O) groups excluding carboxylic acids is 2. The molecule has 0 unspecified atom stereocenters. The highest BCUT2D eigenvalue weighted by atomic mass is 32.1. The molecule has 0 atom stereocenters. The van der Waals surface area contributed by atoms with Crippen LogP contribution in [0.15, 0.2) is 42.5 Å². The van der Waals surface area contributed by atoms with Gasteiger partial charge in [0, 0.05) is 49.0 Å². The molecule has 0 aliphatic carbocycles. The summed E-state index contributed by atoms with van der Waals surface area (Å²) < 4.78 is 1.95. The Morgan fingerprint density at radius 1 is 0.923 bits per heavy atom. The fourth-order valence-corrected chi connectivity index (χ4v) is 4.31. The van der Waals surface area contributed by atoms with Gasteiger partial charge >= 0.3 is 0 Å². The number of fused-ring (bicyclic) bond motifs is 1. The van der Waals surface area contributed by atoms with Gasteiger partial charge in [0.2, 0.25) is 0 Å². The molecular formula is C20H21N3O2S. The zero-order valence-corrected chi connectivity index (χ0v) is 15.8. The first-order valence-electron chi connectivity index (χ1n) is 8.74. The second-order valence-electron chi connectivity index (χ2n) is 6.64. The van der Waals surface area contributed by atoms with Gasteiger partial charge in [-0.3, -0.25) is 9.59 Å². The van der Waals surface area contributed by atoms with Gasteiger partial charge in [-0.05, 0) is 31.2 Å². The third-order valence-corrected chi connectivity index (χ3v) is 5.96. The van der Waals surface area contributed by atoms with E-state index in [0.717, 1.165) is 20.7 Å². The highest BCUT2D eigenvalue weighted by molar-refractivity contribution is 7.13. The number of benzene rings is 1. The Hall–Kier alpha value is -2.60. The average molecular weight is 367 g/mol. The molecule has 3 heterocycles. The fourth-order valence-electron chi connectivity index (χ4n) is 3.47. The molecule has 5 nitrogen and oxygen atoms in total. The minimum atomic E-state index is 0.0303. The molecule has 0 radical (unpaired) electrons. The van der Waals surface area contributed by atoms with E-state index in [2.05, 4.69) is 0 Å². The van der Waals surface area contributed by atoms with Crippen LogP contribution < -0.4 is 0 Å². The number of piperazine rings is 1. The quantitative estimate of drug-likeness (QED) is 0.698. The number of aryl methyl sites for hydroxylation is 2. The first kappa shape index (κ1) is 16.8. The number of para-hydroxylation sites is 1. The van der Waals surface area contributed by atoms with Crippen molar-refractivity contribution in [2.24, 2.45) is 7.05 Å². The first-order chi connectivity index (χ1) is 12.5. The van der Waals surface area contributed by atoms with E-state index in [1.54, 1.807) is 0 Å². The van der Waals surface area contributed by atoms with E-state index < -0.39 is 0 Å². The summed E-state index contributed by atoms with van der Waals surface area (Å²) in [7, 11) is 1.93. The van der Waals surface area contributed by atoms with Crippen molar-refractivity contribution in [1.82, 2.24) is 14.4 Å². The number of thiophene rings is 1. The summed E-state index contributed by atoms with van der Waals surface area (Å²) in [6.07, 6.45) is 0. The first-order valence-corrected chi connectivity index (χ1v) is 9.55. The molecule has 1 aromatic carbocycles. The fraction of sp³-hybridized carbons (Fsp3) is 0.300. The predicted octanol–water partition coefficient (Wildman–Crippen LogP) is 3.15. The standard InChI is InChI=1S/C20H21N3O2S/c1-14-7-8-18(26-14)20(25)23-11-9-22(10-12-23)19(24)17-13-15-5-3-4-6-16(15)21(17)2/h3-8,13H,9-12H2,1-2H3. The van der Waals surface area contributed by atoms with E-state index in [0.29, 0.717) is 31.9 Å². The van der Waals surface area contributed by atoms with Crippen molar-refractivity contribution in [2.45, 2.75) is 6.92 Å². The number of amides is 2. The van der Waals surface area contributed by atoms with Crippen molar-refractivity contribution in [3.8, 4) is 0 Å². The Morgan fingerprint density at radius 2 is 1.58 bits per heavy atom. The van der Waals surface area contributed by atoms with E-state index in [1.165, 1.54) is 11.3 Å². The summed E-state index contributed by atoms with van der Waals surface area (Å²) in [6, 6.07) is 13.8. The van der Waals surface area contributed by atoms with Crippen molar-refractivity contribution in [3.63, 3.8) is 0 Å². The van der Waals surface area contributed by atoms with Crippen LogP contribution in [0.5, 0.6) is 0 Å². The minimum Gasteiger partial charge on any atom is -0.340 e. The molecule has 1 fully saturated rings. The van der Waals surface area contributed by atoms with Crippen molar-refractivity contribution in [3.05, 3.63) is 57.9 Å². The molecule has 2 aromatic heterocycles. The van der Waals surface area contributed by atoms with Gasteiger partial charge < -0.3 is 14.4 Å². The maximum atomic E-state index is 12.9. The lowest BCUT2D eigenvalue weighted by atomic mass is 10.2. The van der Waals surface area contributed by atoms with Crippen LogP contribution in [-0.4, -0.2) is 52.4 Å². The SMILES string of the molecule is Cc1ccc(C(=O)N2CCN(C(=O)c3cc4ccccc4n3C)CC2)s1. The van der Waals surface area contributed by atoms with E-state index in [1.807, 2.05) is 70.8 Å². The van der Waals surface area contributed by atoms with Crippen molar-refractivity contribution >= 4 is 34.1 Å². The second-order valence-corrected chi connectivity index (χ2v) is 7.93. The molecule has 1 aliphatic rings. The topological polar surface area (TPSA) is 45.6 Å². The zero-order chi connectivity index (χ0) is 18.3. The summed E-state index contributed by atoms with van der Waals surface area (Å²) in [5.74, 6) is 0.0996. The summed E-state index contributed by atoms with van der Waals surface area (Å²) in [6.45, 7) is 4.28. The monoisotopic (exact) mass is 367 g/mol. The van der Waals surface area contributed by atoms with Crippen LogP contribution in [-0.2, 0) is 7.05 Å². The largest absolute Gasteiger partial charge is 0.340 e. The van der Waals surface area contributed by atoms with Gasteiger partial charge in [0.25, 0.3) is 11.8 Å². The van der Waals surface area contributed by atoms with Crippen LogP contribution in [0.2, 0.25) is 0 Å². The van der Waals surface area contributed by atoms with Crippen LogP contribution in [0.1, 0.15) is 25.0 Å². The predicted molar refractivity (Wildman–Crippen MR) is 104 cm³/mol. The lowest BCUT2D eigenvalue weighted by Gasteiger charge is -2.34. The van der Waals surface area contributed by atoms with Gasteiger partial charge in [0.1, 0.15) is 5.69 Å². The number of hydrogen-bond donors (Lipinski definition) is 0. The lowest BCUT2D eigenvalue weighted by molar-refractivity contribution is 0.0533. The summed E-state index contributed by atoms with van der Waals surface area (Å²) in [5, 5.41) is 1.07. The molecule has 26 heavy (non-hydrogen) atoms. The third-order valence-electron chi connectivity index (χ3n) is 4.98. The molecular weight excluding hydrogens is 346 g/mol. The maximum Gasteiger partial charge on any atom is 0.270 e. The van der Waals surface area contributed by atoms with Gasteiger partial charge in [-0.15, -0.1) is 11.3 Å². The van der Waals surface area contributed by atoms with Crippen molar-refractivity contribution in [1.29, 1.82) is 0 Å². The Kier molecular flexibility index (Phi) is 4.28. The second kappa shape index (κ2) is 6.61. The highest BCUT2D eigenvalue weighted by Gasteiger charge is 2.27. The zero-order valence-electron chi connectivity index (χ0n) is 14.9. The third kappa shape index (κ3) is 2.90. The summed E-state index contributed by atoms with van der Waals surface area (Å²) in [5.41, 5.74) is 1.75. The Balaban J connectivity index is 1.46. The van der Waals surface area contributed by atoms with E-state index >= 15 is 0 Å². The molecule has 0 saturated carbocycles. The average Bonchev–Trinajstić information content (AvgIpc) is 3.25. The number of rotatable bonds is 2. The number of carbonyl (C=O) groups is 2. The van der Waals surface area contributed by atoms with Crippen LogP contribution in [0.3, 0.4) is 0 Å². The molecule has 2 amide bonds. The van der Waals surface area contributed by atoms with Crippen LogP contribution in [0, 0.1) is 6.92 Å². The molecule has 134 valence electrons. The van der Waals surface area contributed by atoms with Gasteiger partial charge in [0.15, 0.2) is 0 Å². The van der Waals surface area contributed by atoms with E-state index in [4.69, 9.17) is 0 Å². The van der Waals surface area contributed by atoms with Gasteiger partial charge in [-0.2, -0.15) is 0 Å². The molecule has 1 aliphatic heterocycles. The highest BCUT2D eigenvalue weighted by Crippen LogP contribution is 2.21. The normalized spacial score (nSPS) is 14.8. The molecule has 0 N–H and O–H groups in total. The lowest BCUT2D eigenvalue weighted by Crippen LogP contribution is -2.50. The van der Waals surface area contributed by atoms with Gasteiger partial charge in [-0.1, -0.05) is 18.2 Å². The molecule has 0 bridgehead atoms. The van der Waals surface area contributed by atoms with E-state index in [-0.39, 0.29) is 11.8 Å². The van der Waals surface area contributed by atoms with Crippen LogP contribution in [0.25, 0.3) is 10.9 Å². The smallest absolute Gasteiger partial charge is 0.270 e. The molecule has 1 saturated heterocycles. The van der Waals surface area contributed by atoms with Gasteiger partial charge in [-0.25, -0.2) is 0 Å². The Bertz CT molecular complexity index is 980. The maximum absolute atomic E-state index is 12.9. The Morgan fingerprint density at radius 3 is 2.19 bits per heavy atom. The molecule has 0 spiro atoms. The summed E-state index contributed by atoms with van der Waals surface area (Å²) >= 11 is 1.52. The van der Waals surface area contributed by atoms with Crippen molar-refractivity contribution < 1.29 is 9.59 Å². The summed E-state index contributed by atoms with van der Waals surface area (Å²) in [4.78, 5) is 31.1. The molecule has 3 aromatic rings. The van der Waals surface area contributed by atoms with E-state index in [9.17, 15) is 9.59 Å². The molecule has 4 rings (SSSR count). The Labute approximate surface area is 156 Å². The molecule has 6 heteroatoms. The minimum absolute atomic E-state index is 0.0303.